The summed E-state index contributed by atoms with van der Waals surface area (Å²) in [7, 11) is 0. The van der Waals surface area contributed by atoms with Gasteiger partial charge < -0.3 is 29.9 Å². The Morgan fingerprint density at radius 1 is 1.07 bits per heavy atom. The zero-order valence-corrected chi connectivity index (χ0v) is 8.20. The van der Waals surface area contributed by atoms with E-state index in [2.05, 4.69) is 9.47 Å². The zero-order valence-electron chi connectivity index (χ0n) is 8.20. The van der Waals surface area contributed by atoms with E-state index in [4.69, 9.17) is 20.4 Å². The Kier molecular flexibility index (Phi) is 8.15. The van der Waals surface area contributed by atoms with Crippen LogP contribution in [0.2, 0.25) is 0 Å². The van der Waals surface area contributed by atoms with E-state index in [-0.39, 0.29) is 19.8 Å². The van der Waals surface area contributed by atoms with Crippen LogP contribution >= 0.6 is 0 Å². The van der Waals surface area contributed by atoms with E-state index in [0.717, 1.165) is 0 Å². The Bertz CT molecular complexity index is 172. The smallest absolute Gasteiger partial charge is 0.332 e. The maximum Gasteiger partial charge on any atom is 0.332 e. The molecule has 0 fully saturated rings. The van der Waals surface area contributed by atoms with Crippen molar-refractivity contribution in [3.05, 3.63) is 0 Å². The van der Waals surface area contributed by atoms with Gasteiger partial charge in [-0.05, 0) is 0 Å². The lowest BCUT2D eigenvalue weighted by Gasteiger charge is -2.10. The summed E-state index contributed by atoms with van der Waals surface area (Å²) in [6, 6.07) is 0. The summed E-state index contributed by atoms with van der Waals surface area (Å²) >= 11 is 0. The fraction of sp³-hybridized carbons (Fsp3) is 0.875. The van der Waals surface area contributed by atoms with E-state index in [1.807, 2.05) is 0 Å². The van der Waals surface area contributed by atoms with E-state index in [1.54, 1.807) is 0 Å². The summed E-state index contributed by atoms with van der Waals surface area (Å²) in [5, 5.41) is 34.4. The second-order valence-electron chi connectivity index (χ2n) is 2.87. The lowest BCUT2D eigenvalue weighted by Crippen LogP contribution is -2.26. The molecule has 0 spiro atoms. The number of ether oxygens (including phenoxy) is 2. The SMILES string of the molecule is O=C(COCC(O)CO)OCC(O)CO. The summed E-state index contributed by atoms with van der Waals surface area (Å²) in [4.78, 5) is 10.8. The lowest BCUT2D eigenvalue weighted by atomic mass is 10.4. The van der Waals surface area contributed by atoms with Gasteiger partial charge in [-0.2, -0.15) is 0 Å². The van der Waals surface area contributed by atoms with E-state index >= 15 is 0 Å². The molecular formula is C8H16O7. The summed E-state index contributed by atoms with van der Waals surface area (Å²) in [6.45, 7) is -1.79. The average Bonchev–Trinajstić information content (AvgIpc) is 2.25. The van der Waals surface area contributed by atoms with Crippen LogP contribution in [-0.4, -0.2) is 71.6 Å². The Labute approximate surface area is 86.9 Å². The Balaban J connectivity index is 3.41. The normalized spacial score (nSPS) is 14.7. The Morgan fingerprint density at radius 3 is 2.13 bits per heavy atom. The Hall–Kier alpha value is -0.730. The average molecular weight is 224 g/mol. The number of esters is 1. The predicted molar refractivity (Wildman–Crippen MR) is 48.0 cm³/mol. The number of aliphatic hydroxyl groups excluding tert-OH is 4. The molecule has 0 aromatic heterocycles. The molecule has 0 heterocycles. The van der Waals surface area contributed by atoms with Crippen LogP contribution in [0.1, 0.15) is 0 Å². The molecule has 0 aliphatic heterocycles. The molecule has 0 amide bonds. The zero-order chi connectivity index (χ0) is 11.7. The van der Waals surface area contributed by atoms with Crippen LogP contribution in [0.3, 0.4) is 0 Å². The second kappa shape index (κ2) is 8.57. The minimum atomic E-state index is -1.10. The first-order valence-corrected chi connectivity index (χ1v) is 4.41. The quantitative estimate of drug-likeness (QED) is 0.330. The number of hydrogen-bond donors (Lipinski definition) is 4. The molecule has 0 aromatic carbocycles. The van der Waals surface area contributed by atoms with Crippen LogP contribution in [0.25, 0.3) is 0 Å². The molecule has 7 nitrogen and oxygen atoms in total. The molecule has 0 radical (unpaired) electrons. The molecule has 90 valence electrons. The highest BCUT2D eigenvalue weighted by molar-refractivity contribution is 5.70. The molecule has 2 unspecified atom stereocenters. The number of rotatable bonds is 8. The highest BCUT2D eigenvalue weighted by Gasteiger charge is 2.09. The molecule has 0 saturated carbocycles. The van der Waals surface area contributed by atoms with Gasteiger partial charge in [0, 0.05) is 0 Å². The lowest BCUT2D eigenvalue weighted by molar-refractivity contribution is -0.153. The minimum Gasteiger partial charge on any atom is -0.461 e. The van der Waals surface area contributed by atoms with E-state index in [1.165, 1.54) is 0 Å². The van der Waals surface area contributed by atoms with Crippen LogP contribution in [0.5, 0.6) is 0 Å². The van der Waals surface area contributed by atoms with E-state index in [9.17, 15) is 4.79 Å². The maximum absolute atomic E-state index is 10.8. The van der Waals surface area contributed by atoms with Gasteiger partial charge in [0.05, 0.1) is 19.8 Å². The topological polar surface area (TPSA) is 116 Å². The standard InChI is InChI=1S/C8H16O7/c9-1-6(11)3-14-5-8(13)15-4-7(12)2-10/h6-7,9-12H,1-5H2. The van der Waals surface area contributed by atoms with Crippen molar-refractivity contribution in [1.29, 1.82) is 0 Å². The van der Waals surface area contributed by atoms with Crippen molar-refractivity contribution in [2.45, 2.75) is 12.2 Å². The predicted octanol–water partition coefficient (Wildman–Crippen LogP) is -2.75. The molecule has 7 heteroatoms. The van der Waals surface area contributed by atoms with Crippen LogP contribution in [0.4, 0.5) is 0 Å². The van der Waals surface area contributed by atoms with Gasteiger partial charge >= 0.3 is 5.97 Å². The van der Waals surface area contributed by atoms with Gasteiger partial charge in [-0.3, -0.25) is 0 Å². The van der Waals surface area contributed by atoms with Gasteiger partial charge in [0.15, 0.2) is 0 Å². The second-order valence-corrected chi connectivity index (χ2v) is 2.87. The summed E-state index contributed by atoms with van der Waals surface area (Å²) in [5.41, 5.74) is 0. The summed E-state index contributed by atoms with van der Waals surface area (Å²) in [5.74, 6) is -0.715. The molecule has 0 rings (SSSR count). The minimum absolute atomic E-state index is 0.172. The largest absolute Gasteiger partial charge is 0.461 e. The third-order valence-corrected chi connectivity index (χ3v) is 1.39. The molecule has 0 aromatic rings. The summed E-state index contributed by atoms with van der Waals surface area (Å²) in [6.07, 6.45) is -2.13. The molecular weight excluding hydrogens is 208 g/mol. The van der Waals surface area contributed by atoms with E-state index < -0.39 is 31.4 Å². The van der Waals surface area contributed by atoms with Crippen LogP contribution in [-0.2, 0) is 14.3 Å². The highest BCUT2D eigenvalue weighted by Crippen LogP contribution is 1.88. The van der Waals surface area contributed by atoms with Crippen LogP contribution in [0, 0.1) is 0 Å². The van der Waals surface area contributed by atoms with Gasteiger partial charge in [0.1, 0.15) is 25.4 Å². The van der Waals surface area contributed by atoms with Crippen molar-refractivity contribution in [3.63, 3.8) is 0 Å². The molecule has 4 N–H and O–H groups in total. The van der Waals surface area contributed by atoms with Crippen molar-refractivity contribution in [1.82, 2.24) is 0 Å². The monoisotopic (exact) mass is 224 g/mol. The van der Waals surface area contributed by atoms with Gasteiger partial charge in [-0.25, -0.2) is 4.79 Å². The fourth-order valence-corrected chi connectivity index (χ4v) is 0.615. The first-order valence-electron chi connectivity index (χ1n) is 4.41. The van der Waals surface area contributed by atoms with Crippen molar-refractivity contribution in [2.24, 2.45) is 0 Å². The number of hydrogen-bond acceptors (Lipinski definition) is 7. The Morgan fingerprint density at radius 2 is 1.60 bits per heavy atom. The highest BCUT2D eigenvalue weighted by atomic mass is 16.6. The first kappa shape index (κ1) is 14.3. The van der Waals surface area contributed by atoms with Gasteiger partial charge in [-0.15, -0.1) is 0 Å². The first-order chi connectivity index (χ1) is 7.10. The number of carbonyl (C=O) groups is 1. The third-order valence-electron chi connectivity index (χ3n) is 1.39. The molecule has 0 aliphatic rings. The van der Waals surface area contributed by atoms with Crippen molar-refractivity contribution in [3.8, 4) is 0 Å². The van der Waals surface area contributed by atoms with E-state index in [0.29, 0.717) is 0 Å². The fourth-order valence-electron chi connectivity index (χ4n) is 0.615. The van der Waals surface area contributed by atoms with Crippen LogP contribution < -0.4 is 0 Å². The third kappa shape index (κ3) is 8.28. The van der Waals surface area contributed by atoms with Gasteiger partial charge in [0.2, 0.25) is 0 Å². The number of aliphatic hydroxyl groups is 4. The van der Waals surface area contributed by atoms with Crippen LogP contribution in [0.15, 0.2) is 0 Å². The molecule has 0 aliphatic carbocycles. The molecule has 2 atom stereocenters. The maximum atomic E-state index is 10.8. The van der Waals surface area contributed by atoms with Gasteiger partial charge in [-0.1, -0.05) is 0 Å². The number of carbonyl (C=O) groups excluding carboxylic acids is 1. The van der Waals surface area contributed by atoms with Crippen molar-refractivity contribution in [2.75, 3.05) is 33.0 Å². The van der Waals surface area contributed by atoms with Gasteiger partial charge in [0.25, 0.3) is 0 Å². The van der Waals surface area contributed by atoms with Crippen molar-refractivity contribution < 1.29 is 34.7 Å². The molecule has 0 saturated heterocycles. The van der Waals surface area contributed by atoms with Crippen molar-refractivity contribution >= 4 is 5.97 Å². The molecule has 0 bridgehead atoms. The molecule has 15 heavy (non-hydrogen) atoms. The summed E-state index contributed by atoms with van der Waals surface area (Å²) < 4.78 is 9.18.